The Morgan fingerprint density at radius 3 is 2.70 bits per heavy atom. The molecule has 0 bridgehead atoms. The zero-order valence-electron chi connectivity index (χ0n) is 15.3. The Morgan fingerprint density at radius 2 is 2.00 bits per heavy atom. The van der Waals surface area contributed by atoms with E-state index in [0.717, 1.165) is 26.4 Å². The minimum atomic E-state index is 0.112. The van der Waals surface area contributed by atoms with Gasteiger partial charge in [-0.05, 0) is 68.2 Å². The van der Waals surface area contributed by atoms with E-state index in [1.807, 2.05) is 24.3 Å². The molecular weight excluding hydrogens is 468 g/mol. The maximum Gasteiger partial charge on any atom is 0.169 e. The van der Waals surface area contributed by atoms with Crippen LogP contribution in [0.25, 0.3) is 10.9 Å². The fourth-order valence-corrected chi connectivity index (χ4v) is 5.47. The van der Waals surface area contributed by atoms with Crippen LogP contribution in [0.15, 0.2) is 51.5 Å². The zero-order chi connectivity index (χ0) is 19.0. The van der Waals surface area contributed by atoms with Crippen LogP contribution in [0.1, 0.15) is 34.3 Å². The number of nitrogens with zero attached hydrogens (tertiary/aromatic N) is 1. The fraction of sp³-hybridized carbons (Fsp3) is 0.318. The minimum absolute atomic E-state index is 0.112. The molecule has 27 heavy (non-hydrogen) atoms. The van der Waals surface area contributed by atoms with Gasteiger partial charge in [-0.15, -0.1) is 0 Å². The Labute approximate surface area is 176 Å². The molecule has 2 aromatic carbocycles. The van der Waals surface area contributed by atoms with Crippen LogP contribution in [0.4, 0.5) is 0 Å². The smallest absolute Gasteiger partial charge is 0.169 e. The predicted octanol–water partition coefficient (Wildman–Crippen LogP) is 5.76. The van der Waals surface area contributed by atoms with Crippen molar-refractivity contribution in [3.05, 3.63) is 68.2 Å². The van der Waals surface area contributed by atoms with Gasteiger partial charge in [-0.3, -0.25) is 4.79 Å². The molecule has 1 saturated heterocycles. The average molecular weight is 490 g/mol. The fourth-order valence-electron chi connectivity index (χ4n) is 4.03. The highest BCUT2D eigenvalue weighted by Gasteiger charge is 2.22. The highest BCUT2D eigenvalue weighted by Crippen LogP contribution is 2.28. The highest BCUT2D eigenvalue weighted by atomic mass is 79.9. The molecule has 0 radical (unpaired) electrons. The maximum atomic E-state index is 12.9. The number of halogens is 2. The maximum absolute atomic E-state index is 12.9. The summed E-state index contributed by atoms with van der Waals surface area (Å²) in [6, 6.07) is 12.7. The first-order valence-electron chi connectivity index (χ1n) is 9.29. The van der Waals surface area contributed by atoms with E-state index in [2.05, 4.69) is 67.1 Å². The number of likely N-dealkylation sites (tertiary alicyclic amines) is 1. The number of aromatic amines is 1. The van der Waals surface area contributed by atoms with E-state index < -0.39 is 0 Å². The quantitative estimate of drug-likeness (QED) is 0.463. The van der Waals surface area contributed by atoms with Crippen molar-refractivity contribution in [2.75, 3.05) is 13.6 Å². The predicted molar refractivity (Wildman–Crippen MR) is 118 cm³/mol. The molecule has 3 nitrogen and oxygen atoms in total. The number of fused-ring (bicyclic) bond motifs is 1. The van der Waals surface area contributed by atoms with E-state index in [4.69, 9.17) is 0 Å². The molecule has 0 saturated carbocycles. The third-order valence-corrected chi connectivity index (χ3v) is 6.89. The lowest BCUT2D eigenvalue weighted by Gasteiger charge is -2.18. The molecule has 0 aliphatic carbocycles. The summed E-state index contributed by atoms with van der Waals surface area (Å²) in [5.74, 6) is 0.112. The number of hydrogen-bond acceptors (Lipinski definition) is 2. The molecule has 5 heteroatoms. The summed E-state index contributed by atoms with van der Waals surface area (Å²) in [7, 11) is 2.21. The number of benzene rings is 2. The van der Waals surface area contributed by atoms with Crippen molar-refractivity contribution in [3.8, 4) is 0 Å². The number of hydrogen-bond donors (Lipinski definition) is 1. The van der Waals surface area contributed by atoms with Gasteiger partial charge in [0.1, 0.15) is 0 Å². The minimum Gasteiger partial charge on any atom is -0.361 e. The number of rotatable bonds is 5. The van der Waals surface area contributed by atoms with Gasteiger partial charge >= 0.3 is 0 Å². The molecule has 1 aliphatic heterocycles. The molecule has 1 unspecified atom stereocenters. The van der Waals surface area contributed by atoms with Gasteiger partial charge in [0.2, 0.25) is 0 Å². The number of ketones is 1. The molecule has 0 amide bonds. The Morgan fingerprint density at radius 1 is 1.22 bits per heavy atom. The summed E-state index contributed by atoms with van der Waals surface area (Å²) in [5, 5.41) is 1.24. The lowest BCUT2D eigenvalue weighted by atomic mass is 9.99. The summed E-state index contributed by atoms with van der Waals surface area (Å²) in [5.41, 5.74) is 4.25. The van der Waals surface area contributed by atoms with E-state index in [9.17, 15) is 4.79 Å². The van der Waals surface area contributed by atoms with E-state index in [1.54, 1.807) is 0 Å². The average Bonchev–Trinajstić information content (AvgIpc) is 3.22. The molecule has 1 aromatic heterocycles. The normalized spacial score (nSPS) is 17.7. The second-order valence-corrected chi connectivity index (χ2v) is 9.08. The molecule has 0 spiro atoms. The summed E-state index contributed by atoms with van der Waals surface area (Å²) in [4.78, 5) is 18.7. The number of nitrogens with one attached hydrogen (secondary N) is 1. The Hall–Kier alpha value is -1.43. The van der Waals surface area contributed by atoms with Crippen molar-refractivity contribution in [2.24, 2.45) is 0 Å². The van der Waals surface area contributed by atoms with E-state index in [1.165, 1.54) is 30.3 Å². The molecule has 140 valence electrons. The van der Waals surface area contributed by atoms with Gasteiger partial charge in [0, 0.05) is 44.1 Å². The van der Waals surface area contributed by atoms with E-state index in [-0.39, 0.29) is 5.78 Å². The summed E-state index contributed by atoms with van der Waals surface area (Å²) >= 11 is 7.00. The van der Waals surface area contributed by atoms with Gasteiger partial charge in [0.05, 0.1) is 0 Å². The van der Waals surface area contributed by atoms with E-state index >= 15 is 0 Å². The Balaban J connectivity index is 1.59. The standard InChI is InChI=1S/C22H22Br2N2O/c1-26-9-3-4-16(26)12-15-13-25-20-8-7-14(10-17(15)20)11-21(27)22-18(23)5-2-6-19(22)24/h2,5-8,10,13,16,25H,3-4,9,11-12H2,1H3. The van der Waals surface area contributed by atoms with Crippen LogP contribution in [0, 0.1) is 0 Å². The van der Waals surface area contributed by atoms with Gasteiger partial charge in [-0.1, -0.05) is 44.0 Å². The summed E-state index contributed by atoms with van der Waals surface area (Å²) in [6.07, 6.45) is 6.13. The number of carbonyl (C=O) groups excluding carboxylic acids is 1. The number of likely N-dealkylation sites (N-methyl/N-ethyl adjacent to an activating group) is 1. The number of H-pyrrole nitrogens is 1. The summed E-state index contributed by atoms with van der Waals surface area (Å²) in [6.45, 7) is 1.19. The van der Waals surface area contributed by atoms with Crippen LogP contribution in [0.2, 0.25) is 0 Å². The molecule has 2 heterocycles. The molecule has 3 aromatic rings. The van der Waals surface area contributed by atoms with Crippen LogP contribution in [-0.2, 0) is 12.8 Å². The van der Waals surface area contributed by atoms with Gasteiger partial charge in [-0.25, -0.2) is 0 Å². The van der Waals surface area contributed by atoms with Crippen LogP contribution >= 0.6 is 31.9 Å². The van der Waals surface area contributed by atoms with Crippen molar-refractivity contribution in [2.45, 2.75) is 31.7 Å². The third-order valence-electron chi connectivity index (χ3n) is 5.57. The molecular formula is C22H22Br2N2O. The largest absolute Gasteiger partial charge is 0.361 e. The van der Waals surface area contributed by atoms with Gasteiger partial charge < -0.3 is 9.88 Å². The first kappa shape index (κ1) is 18.9. The Bertz CT molecular complexity index is 975. The first-order chi connectivity index (χ1) is 13.0. The molecule has 1 aliphatic rings. The molecule has 1 N–H and O–H groups in total. The molecule has 4 rings (SSSR count). The lowest BCUT2D eigenvalue weighted by molar-refractivity contribution is 0.0991. The van der Waals surface area contributed by atoms with Crippen molar-refractivity contribution in [3.63, 3.8) is 0 Å². The van der Waals surface area contributed by atoms with Crippen molar-refractivity contribution >= 4 is 48.5 Å². The Kier molecular flexibility index (Phi) is 5.53. The van der Waals surface area contributed by atoms with E-state index in [0.29, 0.717) is 18.0 Å². The second-order valence-electron chi connectivity index (χ2n) is 7.37. The van der Waals surface area contributed by atoms with Crippen LogP contribution < -0.4 is 0 Å². The SMILES string of the molecule is CN1CCCC1Cc1c[nH]c2ccc(CC(=O)c3c(Br)cccc3Br)cc12. The zero-order valence-corrected chi connectivity index (χ0v) is 18.4. The lowest BCUT2D eigenvalue weighted by Crippen LogP contribution is -2.26. The molecule has 1 atom stereocenters. The van der Waals surface area contributed by atoms with Gasteiger partial charge in [0.15, 0.2) is 5.78 Å². The van der Waals surface area contributed by atoms with Crippen LogP contribution in [-0.4, -0.2) is 35.3 Å². The number of Topliss-reactive ketones (excluding diaryl/α,β-unsaturated/α-hetero) is 1. The topological polar surface area (TPSA) is 36.1 Å². The third kappa shape index (κ3) is 3.91. The van der Waals surface area contributed by atoms with Crippen molar-refractivity contribution < 1.29 is 4.79 Å². The molecule has 1 fully saturated rings. The monoisotopic (exact) mass is 488 g/mol. The number of carbonyl (C=O) groups is 1. The van der Waals surface area contributed by atoms with Gasteiger partial charge in [0.25, 0.3) is 0 Å². The van der Waals surface area contributed by atoms with Crippen LogP contribution in [0.3, 0.4) is 0 Å². The first-order valence-corrected chi connectivity index (χ1v) is 10.9. The number of aromatic nitrogens is 1. The van der Waals surface area contributed by atoms with Crippen molar-refractivity contribution in [1.82, 2.24) is 9.88 Å². The van der Waals surface area contributed by atoms with Crippen LogP contribution in [0.5, 0.6) is 0 Å². The van der Waals surface area contributed by atoms with Gasteiger partial charge in [-0.2, -0.15) is 0 Å². The second kappa shape index (κ2) is 7.90. The highest BCUT2D eigenvalue weighted by molar-refractivity contribution is 9.11. The van der Waals surface area contributed by atoms with Crippen molar-refractivity contribution in [1.29, 1.82) is 0 Å². The summed E-state index contributed by atoms with van der Waals surface area (Å²) < 4.78 is 1.66.